The van der Waals surface area contributed by atoms with Crippen LogP contribution < -0.4 is 10.6 Å². The van der Waals surface area contributed by atoms with Crippen LogP contribution in [0.3, 0.4) is 0 Å². The Hall–Kier alpha value is -5.02. The van der Waals surface area contributed by atoms with E-state index >= 15 is 0 Å². The van der Waals surface area contributed by atoms with E-state index in [0.29, 0.717) is 0 Å². The van der Waals surface area contributed by atoms with Crippen LogP contribution in [0.2, 0.25) is 0 Å². The maximum Gasteiger partial charge on any atom is 0.407 e. The predicted molar refractivity (Wildman–Crippen MR) is 164 cm³/mol. The predicted octanol–water partition coefficient (Wildman–Crippen LogP) is 2.04. The Bertz CT molecular complexity index is 1500. The van der Waals surface area contributed by atoms with E-state index < -0.39 is 85.3 Å². The molecule has 2 aliphatic rings. The van der Waals surface area contributed by atoms with Crippen molar-refractivity contribution in [1.82, 2.24) is 10.6 Å². The molecule has 0 aromatic heterocycles. The summed E-state index contributed by atoms with van der Waals surface area (Å²) in [6.07, 6.45) is -7.98. The van der Waals surface area contributed by atoms with Crippen LogP contribution in [-0.4, -0.2) is 97.0 Å². The molecule has 2 aromatic rings. The largest absolute Gasteiger partial charge is 0.480 e. The van der Waals surface area contributed by atoms with Crippen LogP contribution in [0.1, 0.15) is 51.7 Å². The highest BCUT2D eigenvalue weighted by Gasteiger charge is 2.52. The molecule has 3 N–H and O–H groups in total. The van der Waals surface area contributed by atoms with Gasteiger partial charge in [0.15, 0.2) is 24.5 Å². The van der Waals surface area contributed by atoms with Crippen LogP contribution in [0, 0.1) is 0 Å². The summed E-state index contributed by atoms with van der Waals surface area (Å²) in [7, 11) is 0. The number of esters is 3. The number of nitrogens with one attached hydrogen (secondary N) is 2. The van der Waals surface area contributed by atoms with Gasteiger partial charge in [-0.1, -0.05) is 48.5 Å². The molecule has 1 aliphatic heterocycles. The zero-order valence-electron chi connectivity index (χ0n) is 27.0. The van der Waals surface area contributed by atoms with Gasteiger partial charge in [-0.3, -0.25) is 19.2 Å². The van der Waals surface area contributed by atoms with E-state index in [2.05, 4.69) is 10.6 Å². The molecule has 0 unspecified atom stereocenters. The number of carbonyl (C=O) groups excluding carboxylic acids is 5. The van der Waals surface area contributed by atoms with Crippen LogP contribution in [0.15, 0.2) is 48.5 Å². The number of benzene rings is 2. The minimum Gasteiger partial charge on any atom is -0.480 e. The molecule has 48 heavy (non-hydrogen) atoms. The zero-order valence-corrected chi connectivity index (χ0v) is 27.0. The van der Waals surface area contributed by atoms with E-state index in [1.165, 1.54) is 6.92 Å². The smallest absolute Gasteiger partial charge is 0.407 e. The number of carboxylic acids is 1. The van der Waals surface area contributed by atoms with Crippen molar-refractivity contribution < 1.29 is 62.3 Å². The summed E-state index contributed by atoms with van der Waals surface area (Å²) < 4.78 is 33.2. The molecule has 15 nitrogen and oxygen atoms in total. The summed E-state index contributed by atoms with van der Waals surface area (Å²) in [6.45, 7) is 5.26. The molecule has 1 heterocycles. The van der Waals surface area contributed by atoms with Gasteiger partial charge >= 0.3 is 30.0 Å². The quantitative estimate of drug-likeness (QED) is 0.219. The molecular weight excluding hydrogens is 632 g/mol. The van der Waals surface area contributed by atoms with Crippen molar-refractivity contribution in [2.24, 2.45) is 0 Å². The summed E-state index contributed by atoms with van der Waals surface area (Å²) in [5.41, 5.74) is 3.97. The number of alkyl carbamates (subject to hydrolysis) is 1. The topological polar surface area (TPSA) is 202 Å². The molecule has 0 radical (unpaired) electrons. The molecule has 1 fully saturated rings. The van der Waals surface area contributed by atoms with E-state index in [1.54, 1.807) is 0 Å². The minimum atomic E-state index is -1.69. The van der Waals surface area contributed by atoms with Gasteiger partial charge < -0.3 is 44.2 Å². The van der Waals surface area contributed by atoms with Crippen molar-refractivity contribution in [3.05, 3.63) is 59.7 Å². The fourth-order valence-electron chi connectivity index (χ4n) is 5.84. The average molecular weight is 671 g/mol. The van der Waals surface area contributed by atoms with Crippen LogP contribution in [-0.2, 0) is 52.4 Å². The highest BCUT2D eigenvalue weighted by Crippen LogP contribution is 2.44. The van der Waals surface area contributed by atoms with E-state index in [9.17, 15) is 33.9 Å². The lowest BCUT2D eigenvalue weighted by Crippen LogP contribution is -2.67. The van der Waals surface area contributed by atoms with Crippen molar-refractivity contribution in [2.75, 3.05) is 13.2 Å². The summed E-state index contributed by atoms with van der Waals surface area (Å²) >= 11 is 0. The average Bonchev–Trinajstić information content (AvgIpc) is 3.33. The Morgan fingerprint density at radius 3 is 1.88 bits per heavy atom. The number of hydrogen-bond acceptors (Lipinski definition) is 12. The Morgan fingerprint density at radius 2 is 1.35 bits per heavy atom. The number of hydrogen-bond donors (Lipinski definition) is 3. The normalized spacial score (nSPS) is 22.6. The highest BCUT2D eigenvalue weighted by atomic mass is 16.7. The number of ether oxygens (including phenoxy) is 6. The first-order valence-corrected chi connectivity index (χ1v) is 15.2. The van der Waals surface area contributed by atoms with Crippen molar-refractivity contribution in [2.45, 2.75) is 83.3 Å². The first-order valence-electron chi connectivity index (χ1n) is 15.2. The fourth-order valence-corrected chi connectivity index (χ4v) is 5.84. The number of fused-ring (bicyclic) bond motifs is 3. The number of carboxylic acid groups (broad SMARTS) is 1. The van der Waals surface area contributed by atoms with Gasteiger partial charge in [-0.25, -0.2) is 9.59 Å². The molecule has 1 saturated heterocycles. The second-order valence-corrected chi connectivity index (χ2v) is 11.3. The van der Waals surface area contributed by atoms with Gasteiger partial charge in [-0.15, -0.1) is 0 Å². The molecule has 2 amide bonds. The van der Waals surface area contributed by atoms with Gasteiger partial charge in [0.1, 0.15) is 25.4 Å². The molecule has 0 bridgehead atoms. The Balaban J connectivity index is 1.52. The SMILES string of the molecule is CC(=O)N[C@@H]1[C@H](O[C@H](C)[C@@H](NC(=O)OCC2c3ccccc3-c3ccccc32)C(=O)O)O[C@H](COC(C)=O)[C@@H](OC(C)=O)[C@H]1OC(C)=O. The van der Waals surface area contributed by atoms with Crippen molar-refractivity contribution in [3.8, 4) is 11.1 Å². The second-order valence-electron chi connectivity index (χ2n) is 11.3. The van der Waals surface area contributed by atoms with Crippen molar-refractivity contribution in [1.29, 1.82) is 0 Å². The summed E-state index contributed by atoms with van der Waals surface area (Å²) in [4.78, 5) is 73.2. The maximum absolute atomic E-state index is 13.0. The van der Waals surface area contributed by atoms with Gasteiger partial charge in [0.25, 0.3) is 0 Å². The third-order valence-corrected chi connectivity index (χ3v) is 7.77. The molecule has 258 valence electrons. The van der Waals surface area contributed by atoms with Crippen LogP contribution >= 0.6 is 0 Å². The zero-order chi connectivity index (χ0) is 35.1. The van der Waals surface area contributed by atoms with E-state index in [0.717, 1.165) is 49.9 Å². The molecule has 4 rings (SSSR count). The van der Waals surface area contributed by atoms with E-state index in [-0.39, 0.29) is 12.5 Å². The van der Waals surface area contributed by atoms with Gasteiger partial charge in [-0.05, 0) is 29.2 Å². The third kappa shape index (κ3) is 8.66. The van der Waals surface area contributed by atoms with Crippen molar-refractivity contribution >= 4 is 35.9 Å². The molecule has 0 spiro atoms. The lowest BCUT2D eigenvalue weighted by atomic mass is 9.95. The number of carbonyl (C=O) groups is 6. The Labute approximate surface area is 276 Å². The lowest BCUT2D eigenvalue weighted by molar-refractivity contribution is -0.287. The molecule has 15 heteroatoms. The molecular formula is C33H38N2O13. The highest BCUT2D eigenvalue weighted by molar-refractivity contribution is 5.81. The van der Waals surface area contributed by atoms with Crippen LogP contribution in [0.25, 0.3) is 11.1 Å². The maximum atomic E-state index is 13.0. The standard InChI is InChI=1S/C33H38N2O13/c1-16(27(31(40)41)35-33(42)44-14-25-23-12-8-6-10-21(23)22-11-7-9-13-24(22)25)45-32-28(34-17(2)36)30(47-20(5)39)29(46-19(4)38)26(48-32)15-43-18(3)37/h6-13,16,25-30,32H,14-15H2,1-5H3,(H,34,36)(H,35,42)(H,40,41)/t16-,26-,27-,28+,29-,30+,32-/m1/s1. The first kappa shape index (κ1) is 35.8. The summed E-state index contributed by atoms with van der Waals surface area (Å²) in [6, 6.07) is 12.4. The van der Waals surface area contributed by atoms with Gasteiger partial charge in [0, 0.05) is 33.6 Å². The Morgan fingerprint density at radius 1 is 0.792 bits per heavy atom. The monoisotopic (exact) mass is 670 g/mol. The van der Waals surface area contributed by atoms with Gasteiger partial charge in [0.05, 0.1) is 6.10 Å². The number of rotatable bonds is 12. The summed E-state index contributed by atoms with van der Waals surface area (Å²) in [5, 5.41) is 14.9. The molecule has 2 aromatic carbocycles. The van der Waals surface area contributed by atoms with Crippen LogP contribution in [0.4, 0.5) is 4.79 Å². The van der Waals surface area contributed by atoms with E-state index in [4.69, 9.17) is 28.4 Å². The van der Waals surface area contributed by atoms with Gasteiger partial charge in [-0.2, -0.15) is 0 Å². The lowest BCUT2D eigenvalue weighted by Gasteiger charge is -2.45. The summed E-state index contributed by atoms with van der Waals surface area (Å²) in [5.74, 6) is -4.67. The molecule has 0 saturated carbocycles. The second kappa shape index (κ2) is 15.7. The van der Waals surface area contributed by atoms with Gasteiger partial charge in [0.2, 0.25) is 5.91 Å². The first-order chi connectivity index (χ1) is 22.8. The van der Waals surface area contributed by atoms with Crippen LogP contribution in [0.5, 0.6) is 0 Å². The Kier molecular flexibility index (Phi) is 11.7. The van der Waals surface area contributed by atoms with Crippen molar-refractivity contribution in [3.63, 3.8) is 0 Å². The van der Waals surface area contributed by atoms with E-state index in [1.807, 2.05) is 48.5 Å². The molecule has 7 atom stereocenters. The minimum absolute atomic E-state index is 0.0722. The third-order valence-electron chi connectivity index (χ3n) is 7.77. The number of amides is 2. The fraction of sp³-hybridized carbons (Fsp3) is 0.455. The number of aliphatic carboxylic acids is 1. The molecule has 1 aliphatic carbocycles.